The van der Waals surface area contributed by atoms with E-state index in [0.717, 1.165) is 5.69 Å². The highest BCUT2D eigenvalue weighted by Crippen LogP contribution is 2.32. The molecule has 1 aromatic rings. The molecule has 0 amide bonds. The van der Waals surface area contributed by atoms with Crippen LogP contribution in [-0.4, -0.2) is 39.6 Å². The zero-order valence-corrected chi connectivity index (χ0v) is 12.8. The number of hydrogen-bond donors (Lipinski definition) is 2. The van der Waals surface area contributed by atoms with Crippen molar-refractivity contribution < 1.29 is 14.6 Å². The number of esters is 1. The fraction of sp³-hybridized carbons (Fsp3) is 0.733. The first-order chi connectivity index (χ1) is 10.0. The Bertz CT molecular complexity index is 464. The predicted octanol–water partition coefficient (Wildman–Crippen LogP) is 0.994. The summed E-state index contributed by atoms with van der Waals surface area (Å²) < 4.78 is 6.86. The van der Waals surface area contributed by atoms with Crippen molar-refractivity contribution in [2.24, 2.45) is 13.0 Å². The lowest BCUT2D eigenvalue weighted by atomic mass is 9.79. The van der Waals surface area contributed by atoms with E-state index >= 15 is 0 Å². The summed E-state index contributed by atoms with van der Waals surface area (Å²) in [4.78, 5) is 11.7. The van der Waals surface area contributed by atoms with Crippen LogP contribution in [0.2, 0.25) is 0 Å². The summed E-state index contributed by atoms with van der Waals surface area (Å²) in [6.07, 6.45) is 4.42. The monoisotopic (exact) mass is 295 g/mol. The SMILES string of the molecule is CCOC(=O)C1CCC(O)(CNCc2ccnn2C)CC1. The minimum absolute atomic E-state index is 0.0534. The van der Waals surface area contributed by atoms with E-state index in [2.05, 4.69) is 10.4 Å². The van der Waals surface area contributed by atoms with Gasteiger partial charge in [0.15, 0.2) is 0 Å². The second-order valence-electron chi connectivity index (χ2n) is 5.80. The van der Waals surface area contributed by atoms with E-state index < -0.39 is 5.60 Å². The number of aliphatic hydroxyl groups is 1. The van der Waals surface area contributed by atoms with Gasteiger partial charge in [-0.05, 0) is 38.7 Å². The fourth-order valence-corrected chi connectivity index (χ4v) is 2.83. The number of aryl methyl sites for hydroxylation is 1. The molecule has 1 aliphatic rings. The Morgan fingerprint density at radius 1 is 1.57 bits per heavy atom. The standard InChI is InChI=1S/C15H25N3O3/c1-3-21-14(19)12-4-7-15(20,8-5-12)11-16-10-13-6-9-17-18(13)2/h6,9,12,16,20H,3-5,7-8,10-11H2,1-2H3. The number of nitrogens with one attached hydrogen (secondary N) is 1. The maximum Gasteiger partial charge on any atom is 0.308 e. The van der Waals surface area contributed by atoms with Crippen molar-refractivity contribution in [2.45, 2.75) is 44.8 Å². The maximum absolute atomic E-state index is 11.7. The second kappa shape index (κ2) is 7.04. The van der Waals surface area contributed by atoms with Crippen LogP contribution >= 0.6 is 0 Å². The van der Waals surface area contributed by atoms with Gasteiger partial charge in [0.25, 0.3) is 0 Å². The van der Waals surface area contributed by atoms with Crippen molar-refractivity contribution in [3.63, 3.8) is 0 Å². The van der Waals surface area contributed by atoms with E-state index in [1.807, 2.05) is 24.7 Å². The van der Waals surface area contributed by atoms with Crippen LogP contribution in [0, 0.1) is 5.92 Å². The van der Waals surface area contributed by atoms with Gasteiger partial charge in [0.05, 0.1) is 23.8 Å². The summed E-state index contributed by atoms with van der Waals surface area (Å²) in [5, 5.41) is 18.0. The second-order valence-corrected chi connectivity index (χ2v) is 5.80. The number of rotatable bonds is 6. The Hall–Kier alpha value is -1.40. The molecule has 0 radical (unpaired) electrons. The maximum atomic E-state index is 11.7. The van der Waals surface area contributed by atoms with Crippen LogP contribution in [-0.2, 0) is 23.1 Å². The van der Waals surface area contributed by atoms with Gasteiger partial charge in [0, 0.05) is 26.3 Å². The molecule has 1 saturated carbocycles. The molecule has 6 heteroatoms. The number of ether oxygens (including phenoxy) is 1. The van der Waals surface area contributed by atoms with Gasteiger partial charge in [-0.25, -0.2) is 0 Å². The van der Waals surface area contributed by atoms with Gasteiger partial charge in [-0.1, -0.05) is 0 Å². The van der Waals surface area contributed by atoms with Gasteiger partial charge in [-0.3, -0.25) is 9.48 Å². The van der Waals surface area contributed by atoms with Crippen molar-refractivity contribution in [2.75, 3.05) is 13.2 Å². The Balaban J connectivity index is 1.74. The molecule has 1 fully saturated rings. The van der Waals surface area contributed by atoms with Crippen LogP contribution in [0.1, 0.15) is 38.3 Å². The van der Waals surface area contributed by atoms with Crippen LogP contribution in [0.15, 0.2) is 12.3 Å². The van der Waals surface area contributed by atoms with Crippen LogP contribution in [0.25, 0.3) is 0 Å². The smallest absolute Gasteiger partial charge is 0.308 e. The first kappa shape index (κ1) is 16.0. The zero-order chi connectivity index (χ0) is 15.3. The minimum atomic E-state index is -0.721. The largest absolute Gasteiger partial charge is 0.466 e. The zero-order valence-electron chi connectivity index (χ0n) is 12.8. The molecule has 1 aromatic heterocycles. The van der Waals surface area contributed by atoms with Gasteiger partial charge >= 0.3 is 5.97 Å². The molecule has 0 unspecified atom stereocenters. The molecule has 2 N–H and O–H groups in total. The fourth-order valence-electron chi connectivity index (χ4n) is 2.83. The predicted molar refractivity (Wildman–Crippen MR) is 78.5 cm³/mol. The average molecular weight is 295 g/mol. The molecule has 21 heavy (non-hydrogen) atoms. The molecule has 6 nitrogen and oxygen atoms in total. The minimum Gasteiger partial charge on any atom is -0.466 e. The Morgan fingerprint density at radius 2 is 2.29 bits per heavy atom. The van der Waals surface area contributed by atoms with Gasteiger partial charge in [0.1, 0.15) is 0 Å². The number of aromatic nitrogens is 2. The highest BCUT2D eigenvalue weighted by atomic mass is 16.5. The van der Waals surface area contributed by atoms with Crippen LogP contribution in [0.4, 0.5) is 0 Å². The summed E-state index contributed by atoms with van der Waals surface area (Å²) in [6, 6.07) is 1.95. The van der Waals surface area contributed by atoms with Gasteiger partial charge in [-0.15, -0.1) is 0 Å². The number of nitrogens with zero attached hydrogens (tertiary/aromatic N) is 2. The average Bonchev–Trinajstić information content (AvgIpc) is 2.85. The Labute approximate surface area is 125 Å². The quantitative estimate of drug-likeness (QED) is 0.766. The summed E-state index contributed by atoms with van der Waals surface area (Å²) in [7, 11) is 1.90. The lowest BCUT2D eigenvalue weighted by Crippen LogP contribution is -2.44. The first-order valence-corrected chi connectivity index (χ1v) is 7.61. The van der Waals surface area contributed by atoms with Crippen molar-refractivity contribution in [3.05, 3.63) is 18.0 Å². The Morgan fingerprint density at radius 3 is 2.86 bits per heavy atom. The number of carbonyl (C=O) groups excluding carboxylic acids is 1. The van der Waals surface area contributed by atoms with E-state index in [9.17, 15) is 9.90 Å². The lowest BCUT2D eigenvalue weighted by molar-refractivity contribution is -0.151. The number of carbonyl (C=O) groups is 1. The molecule has 0 bridgehead atoms. The van der Waals surface area contributed by atoms with Gasteiger partial charge < -0.3 is 15.2 Å². The molecular weight excluding hydrogens is 270 g/mol. The molecule has 0 spiro atoms. The lowest BCUT2D eigenvalue weighted by Gasteiger charge is -2.35. The molecule has 2 rings (SSSR count). The highest BCUT2D eigenvalue weighted by Gasteiger charge is 2.36. The normalized spacial score (nSPS) is 25.8. The van der Waals surface area contributed by atoms with E-state index in [1.165, 1.54) is 0 Å². The highest BCUT2D eigenvalue weighted by molar-refractivity contribution is 5.72. The van der Waals surface area contributed by atoms with E-state index in [4.69, 9.17) is 4.74 Å². The van der Waals surface area contributed by atoms with Crippen molar-refractivity contribution in [1.82, 2.24) is 15.1 Å². The van der Waals surface area contributed by atoms with Crippen molar-refractivity contribution in [3.8, 4) is 0 Å². The molecule has 0 aromatic carbocycles. The summed E-state index contributed by atoms with van der Waals surface area (Å²) in [5.41, 5.74) is 0.362. The van der Waals surface area contributed by atoms with E-state index in [1.54, 1.807) is 6.20 Å². The van der Waals surface area contributed by atoms with Crippen LogP contribution in [0.3, 0.4) is 0 Å². The summed E-state index contributed by atoms with van der Waals surface area (Å²) in [5.74, 6) is -0.176. The molecule has 0 saturated heterocycles. The summed E-state index contributed by atoms with van der Waals surface area (Å²) in [6.45, 7) is 3.46. The molecule has 1 heterocycles. The van der Waals surface area contributed by atoms with E-state index in [0.29, 0.717) is 45.4 Å². The number of hydrogen-bond acceptors (Lipinski definition) is 5. The first-order valence-electron chi connectivity index (χ1n) is 7.61. The Kier molecular flexibility index (Phi) is 5.36. The van der Waals surface area contributed by atoms with Crippen molar-refractivity contribution in [1.29, 1.82) is 0 Å². The summed E-state index contributed by atoms with van der Waals surface area (Å²) >= 11 is 0. The molecule has 0 atom stereocenters. The third kappa shape index (κ3) is 4.28. The molecular formula is C15H25N3O3. The van der Waals surface area contributed by atoms with Gasteiger partial charge in [-0.2, -0.15) is 5.10 Å². The topological polar surface area (TPSA) is 76.4 Å². The molecule has 1 aliphatic carbocycles. The third-order valence-corrected chi connectivity index (χ3v) is 4.22. The molecule has 118 valence electrons. The van der Waals surface area contributed by atoms with Crippen molar-refractivity contribution >= 4 is 5.97 Å². The third-order valence-electron chi connectivity index (χ3n) is 4.22. The van der Waals surface area contributed by atoms with Crippen LogP contribution < -0.4 is 5.32 Å². The van der Waals surface area contributed by atoms with Gasteiger partial charge in [0.2, 0.25) is 0 Å². The molecule has 0 aliphatic heterocycles. The van der Waals surface area contributed by atoms with Crippen LogP contribution in [0.5, 0.6) is 0 Å². The van der Waals surface area contributed by atoms with E-state index in [-0.39, 0.29) is 11.9 Å².